The largest absolute Gasteiger partial charge is 0.488 e. The zero-order chi connectivity index (χ0) is 13.6. The Hall–Kier alpha value is -1.28. The second-order valence-electron chi connectivity index (χ2n) is 4.17. The summed E-state index contributed by atoms with van der Waals surface area (Å²) in [5, 5.41) is 0. The molecule has 0 saturated carbocycles. The highest BCUT2D eigenvalue weighted by Gasteiger charge is 2.03. The summed E-state index contributed by atoms with van der Waals surface area (Å²) in [6.07, 6.45) is 2.99. The zero-order valence-corrected chi connectivity index (χ0v) is 12.1. The summed E-state index contributed by atoms with van der Waals surface area (Å²) >= 11 is 0. The normalized spacial score (nSPS) is 11.1. The Morgan fingerprint density at radius 2 is 1.78 bits per heavy atom. The van der Waals surface area contributed by atoms with Crippen LogP contribution in [0, 0.1) is 0 Å². The fourth-order valence-electron chi connectivity index (χ4n) is 1.66. The molecular formula is C16H28NO+. The molecule has 0 heterocycles. The molecule has 0 fully saturated rings. The molecule has 0 aliphatic carbocycles. The molecule has 1 rings (SSSR count). The highest BCUT2D eigenvalue weighted by Crippen LogP contribution is 2.06. The van der Waals surface area contributed by atoms with Gasteiger partial charge < -0.3 is 9.64 Å². The van der Waals surface area contributed by atoms with Crippen molar-refractivity contribution < 1.29 is 9.64 Å². The van der Waals surface area contributed by atoms with Crippen LogP contribution in [0.25, 0.3) is 0 Å². The standard InChI is InChI=1S/C13H21NO.C3H6/c1-3-10-14(4-2)11-12-15-13-8-6-5-7-9-13;1-3-2/h5-9H,3-4,10-12H2,1-2H3;3H,1H2,2H3/p+1. The lowest BCUT2D eigenvalue weighted by molar-refractivity contribution is -0.898. The third kappa shape index (κ3) is 8.82. The average molecular weight is 250 g/mol. The minimum Gasteiger partial charge on any atom is -0.488 e. The molecule has 1 atom stereocenters. The summed E-state index contributed by atoms with van der Waals surface area (Å²) in [6.45, 7) is 14.0. The first-order valence-electron chi connectivity index (χ1n) is 6.86. The van der Waals surface area contributed by atoms with Gasteiger partial charge in [0.05, 0.1) is 13.1 Å². The number of hydrogen-bond donors (Lipinski definition) is 1. The molecule has 0 bridgehead atoms. The first-order valence-corrected chi connectivity index (χ1v) is 6.86. The number of ether oxygens (including phenoxy) is 1. The lowest BCUT2D eigenvalue weighted by Crippen LogP contribution is -3.12. The molecule has 0 spiro atoms. The van der Waals surface area contributed by atoms with E-state index >= 15 is 0 Å². The summed E-state index contributed by atoms with van der Waals surface area (Å²) < 4.78 is 5.66. The maximum atomic E-state index is 5.66. The molecule has 102 valence electrons. The lowest BCUT2D eigenvalue weighted by Gasteiger charge is -2.16. The van der Waals surface area contributed by atoms with E-state index in [2.05, 4.69) is 20.4 Å². The number of para-hydroxylation sites is 1. The average Bonchev–Trinajstić information content (AvgIpc) is 2.40. The number of nitrogens with one attached hydrogen (secondary N) is 1. The third-order valence-corrected chi connectivity index (χ3v) is 2.57. The number of allylic oxidation sites excluding steroid dienone is 1. The van der Waals surface area contributed by atoms with Crippen molar-refractivity contribution in [3.63, 3.8) is 0 Å². The van der Waals surface area contributed by atoms with Crippen molar-refractivity contribution in [2.24, 2.45) is 0 Å². The second-order valence-corrected chi connectivity index (χ2v) is 4.17. The molecule has 0 aliphatic rings. The van der Waals surface area contributed by atoms with E-state index in [4.69, 9.17) is 4.74 Å². The van der Waals surface area contributed by atoms with E-state index in [9.17, 15) is 0 Å². The summed E-state index contributed by atoms with van der Waals surface area (Å²) in [4.78, 5) is 1.62. The van der Waals surface area contributed by atoms with Gasteiger partial charge in [-0.15, -0.1) is 6.58 Å². The minimum atomic E-state index is 0.813. The SMILES string of the molecule is C=CC.CCC[NH+](CC)CCOc1ccccc1. The van der Waals surface area contributed by atoms with Crippen LogP contribution in [0.5, 0.6) is 5.75 Å². The van der Waals surface area contributed by atoms with Gasteiger partial charge in [0, 0.05) is 0 Å². The molecule has 0 amide bonds. The monoisotopic (exact) mass is 250 g/mol. The Morgan fingerprint density at radius 3 is 2.28 bits per heavy atom. The van der Waals surface area contributed by atoms with E-state index < -0.39 is 0 Å². The molecule has 0 aromatic heterocycles. The van der Waals surface area contributed by atoms with Crippen LogP contribution in [0.15, 0.2) is 43.0 Å². The Balaban J connectivity index is 0.000000873. The molecule has 18 heavy (non-hydrogen) atoms. The molecule has 0 radical (unpaired) electrons. The van der Waals surface area contributed by atoms with Crippen LogP contribution in [-0.2, 0) is 0 Å². The second kappa shape index (κ2) is 12.2. The highest BCUT2D eigenvalue weighted by molar-refractivity contribution is 5.20. The fourth-order valence-corrected chi connectivity index (χ4v) is 1.66. The van der Waals surface area contributed by atoms with Crippen molar-refractivity contribution in [3.8, 4) is 5.75 Å². The molecule has 2 heteroatoms. The molecule has 1 N–H and O–H groups in total. The van der Waals surface area contributed by atoms with E-state index in [0.29, 0.717) is 0 Å². The van der Waals surface area contributed by atoms with E-state index in [1.165, 1.54) is 19.5 Å². The van der Waals surface area contributed by atoms with Crippen LogP contribution >= 0.6 is 0 Å². The number of rotatable bonds is 7. The predicted molar refractivity (Wildman–Crippen MR) is 79.3 cm³/mol. The number of likely N-dealkylation sites (N-methyl/N-ethyl adjacent to an activating group) is 1. The molecule has 0 saturated heterocycles. The van der Waals surface area contributed by atoms with Gasteiger partial charge in [0.25, 0.3) is 0 Å². The highest BCUT2D eigenvalue weighted by atomic mass is 16.5. The van der Waals surface area contributed by atoms with Crippen LogP contribution in [0.1, 0.15) is 27.2 Å². The zero-order valence-electron chi connectivity index (χ0n) is 12.1. The first-order chi connectivity index (χ1) is 8.78. The minimum absolute atomic E-state index is 0.813. The quantitative estimate of drug-likeness (QED) is 0.734. The van der Waals surface area contributed by atoms with Crippen molar-refractivity contribution in [2.45, 2.75) is 27.2 Å². The van der Waals surface area contributed by atoms with Gasteiger partial charge in [0.15, 0.2) is 0 Å². The van der Waals surface area contributed by atoms with Gasteiger partial charge in [0.1, 0.15) is 18.9 Å². The number of hydrogen-bond acceptors (Lipinski definition) is 1. The van der Waals surface area contributed by atoms with Gasteiger partial charge in [-0.3, -0.25) is 0 Å². The van der Waals surface area contributed by atoms with Gasteiger partial charge in [-0.1, -0.05) is 31.2 Å². The number of benzene rings is 1. The van der Waals surface area contributed by atoms with Gasteiger partial charge in [-0.2, -0.15) is 0 Å². The van der Waals surface area contributed by atoms with Gasteiger partial charge in [-0.05, 0) is 32.4 Å². The van der Waals surface area contributed by atoms with E-state index in [1.807, 2.05) is 37.3 Å². The van der Waals surface area contributed by atoms with E-state index in [0.717, 1.165) is 18.9 Å². The summed E-state index contributed by atoms with van der Waals surface area (Å²) in [6, 6.07) is 10.0. The Bertz CT molecular complexity index is 284. The van der Waals surface area contributed by atoms with Crippen LogP contribution in [0.3, 0.4) is 0 Å². The van der Waals surface area contributed by atoms with Gasteiger partial charge in [0.2, 0.25) is 0 Å². The third-order valence-electron chi connectivity index (χ3n) is 2.57. The molecule has 2 nitrogen and oxygen atoms in total. The summed E-state index contributed by atoms with van der Waals surface area (Å²) in [5.41, 5.74) is 0. The van der Waals surface area contributed by atoms with Gasteiger partial charge >= 0.3 is 0 Å². The van der Waals surface area contributed by atoms with Crippen molar-refractivity contribution in [1.82, 2.24) is 0 Å². The van der Waals surface area contributed by atoms with Crippen LogP contribution in [-0.4, -0.2) is 26.2 Å². The molecule has 1 aromatic carbocycles. The maximum Gasteiger partial charge on any atom is 0.137 e. The van der Waals surface area contributed by atoms with E-state index in [-0.39, 0.29) is 0 Å². The van der Waals surface area contributed by atoms with Crippen molar-refractivity contribution >= 4 is 0 Å². The Morgan fingerprint density at radius 1 is 1.17 bits per heavy atom. The summed E-state index contributed by atoms with van der Waals surface area (Å²) in [7, 11) is 0. The molecular weight excluding hydrogens is 222 g/mol. The first kappa shape index (κ1) is 16.7. The fraction of sp³-hybridized carbons (Fsp3) is 0.500. The van der Waals surface area contributed by atoms with Crippen LogP contribution in [0.4, 0.5) is 0 Å². The number of quaternary nitrogens is 1. The molecule has 1 aromatic rings. The van der Waals surface area contributed by atoms with Crippen molar-refractivity contribution in [2.75, 3.05) is 26.2 Å². The van der Waals surface area contributed by atoms with Gasteiger partial charge in [-0.25, -0.2) is 0 Å². The molecule has 1 unspecified atom stereocenters. The predicted octanol–water partition coefficient (Wildman–Crippen LogP) is 2.57. The smallest absolute Gasteiger partial charge is 0.137 e. The summed E-state index contributed by atoms with van der Waals surface area (Å²) in [5.74, 6) is 0.976. The van der Waals surface area contributed by atoms with E-state index in [1.54, 1.807) is 11.0 Å². The maximum absolute atomic E-state index is 5.66. The van der Waals surface area contributed by atoms with Crippen molar-refractivity contribution in [1.29, 1.82) is 0 Å². The molecule has 0 aliphatic heterocycles. The van der Waals surface area contributed by atoms with Crippen LogP contribution < -0.4 is 9.64 Å². The lowest BCUT2D eigenvalue weighted by atomic mass is 10.3. The van der Waals surface area contributed by atoms with Crippen molar-refractivity contribution in [3.05, 3.63) is 43.0 Å². The Labute approximate surface area is 112 Å². The van der Waals surface area contributed by atoms with Crippen LogP contribution in [0.2, 0.25) is 0 Å². The Kier molecular flexibility index (Phi) is 11.3. The topological polar surface area (TPSA) is 13.7 Å².